The first-order valence-corrected chi connectivity index (χ1v) is 10.6. The Kier molecular flexibility index (Phi) is 8.70. The van der Waals surface area contributed by atoms with Crippen molar-refractivity contribution in [1.29, 1.82) is 0 Å². The summed E-state index contributed by atoms with van der Waals surface area (Å²) in [6, 6.07) is 0. The lowest BCUT2D eigenvalue weighted by atomic mass is 9.72. The number of carbonyl (C=O) groups excluding carboxylic acids is 1. The van der Waals surface area contributed by atoms with E-state index in [-0.39, 0.29) is 25.7 Å². The van der Waals surface area contributed by atoms with Crippen LogP contribution in [-0.4, -0.2) is 46.2 Å². The van der Waals surface area contributed by atoms with Crippen LogP contribution in [0.4, 0.5) is 26.3 Å². The quantitative estimate of drug-likeness (QED) is 0.331. The highest BCUT2D eigenvalue weighted by atomic mass is 19.4. The summed E-state index contributed by atoms with van der Waals surface area (Å²) in [4.78, 5) is 24.5. The van der Waals surface area contributed by atoms with E-state index in [1.54, 1.807) is 6.92 Å². The number of carboxylic acid groups (broad SMARTS) is 1. The first-order chi connectivity index (χ1) is 14.3. The van der Waals surface area contributed by atoms with E-state index in [1.807, 2.05) is 0 Å². The Labute approximate surface area is 183 Å². The van der Waals surface area contributed by atoms with Crippen molar-refractivity contribution < 1.29 is 50.9 Å². The average Bonchev–Trinajstić information content (AvgIpc) is 2.65. The predicted molar refractivity (Wildman–Crippen MR) is 103 cm³/mol. The number of alkyl halides is 6. The molecule has 0 aliphatic heterocycles. The number of halogens is 6. The molecule has 0 aromatic carbocycles. The molecule has 0 saturated heterocycles. The highest BCUT2D eigenvalue weighted by Gasteiger charge is 2.71. The third-order valence-corrected chi connectivity index (χ3v) is 6.55. The topological polar surface area (TPSA) is 83.8 Å². The van der Waals surface area contributed by atoms with Crippen LogP contribution in [0, 0.1) is 16.7 Å². The van der Waals surface area contributed by atoms with Crippen LogP contribution in [-0.2, 0) is 14.3 Å². The molecule has 2 unspecified atom stereocenters. The number of carboxylic acids is 1. The van der Waals surface area contributed by atoms with Crippen LogP contribution in [0.1, 0.15) is 79.1 Å². The highest BCUT2D eigenvalue weighted by Crippen LogP contribution is 2.48. The standard InChI is InChI=1S/C21H32F6O5/c1-5-18(4,12-17(2,3)15(28)29)16(30)32-14(13-9-7-6-8-10-13)11-19(31,20(22,23)24)21(25,26)27/h13-14,31H,5-12H2,1-4H3,(H,28,29). The van der Waals surface area contributed by atoms with E-state index in [1.165, 1.54) is 20.8 Å². The minimum absolute atomic E-state index is 0.0583. The summed E-state index contributed by atoms with van der Waals surface area (Å²) >= 11 is 0. The van der Waals surface area contributed by atoms with Gasteiger partial charge in [0, 0.05) is 6.42 Å². The van der Waals surface area contributed by atoms with E-state index >= 15 is 0 Å². The molecule has 2 N–H and O–H groups in total. The molecule has 0 amide bonds. The van der Waals surface area contributed by atoms with Crippen LogP contribution >= 0.6 is 0 Å². The molecule has 32 heavy (non-hydrogen) atoms. The fourth-order valence-corrected chi connectivity index (χ4v) is 4.17. The summed E-state index contributed by atoms with van der Waals surface area (Å²) in [7, 11) is 0. The van der Waals surface area contributed by atoms with Gasteiger partial charge in [0.25, 0.3) is 5.60 Å². The zero-order valence-electron chi connectivity index (χ0n) is 18.7. The fraction of sp³-hybridized carbons (Fsp3) is 0.905. The summed E-state index contributed by atoms with van der Waals surface area (Å²) < 4.78 is 85.1. The zero-order valence-corrected chi connectivity index (χ0v) is 18.7. The summed E-state index contributed by atoms with van der Waals surface area (Å²) in [5, 5.41) is 19.1. The minimum atomic E-state index is -6.02. The van der Waals surface area contributed by atoms with E-state index < -0.39 is 59.2 Å². The molecule has 0 aromatic rings. The maximum atomic E-state index is 13.3. The van der Waals surface area contributed by atoms with Gasteiger partial charge < -0.3 is 14.9 Å². The van der Waals surface area contributed by atoms with E-state index in [0.717, 1.165) is 6.42 Å². The third-order valence-electron chi connectivity index (χ3n) is 6.55. The molecule has 1 aliphatic carbocycles. The van der Waals surface area contributed by atoms with E-state index in [0.29, 0.717) is 12.8 Å². The van der Waals surface area contributed by atoms with Gasteiger partial charge >= 0.3 is 24.3 Å². The summed E-state index contributed by atoms with van der Waals surface area (Å²) in [6.07, 6.45) is -13.5. The number of carbonyl (C=O) groups is 2. The molecule has 1 fully saturated rings. The van der Waals surface area contributed by atoms with E-state index in [9.17, 15) is 46.1 Å². The van der Waals surface area contributed by atoms with Crippen LogP contribution in [0.25, 0.3) is 0 Å². The van der Waals surface area contributed by atoms with Crippen LogP contribution in [0.15, 0.2) is 0 Å². The second-order valence-corrected chi connectivity index (χ2v) is 9.68. The van der Waals surface area contributed by atoms with Gasteiger partial charge in [0.2, 0.25) is 0 Å². The number of hydrogen-bond acceptors (Lipinski definition) is 4. The molecular weight excluding hydrogens is 446 g/mol. The SMILES string of the molecule is CCC(C)(CC(C)(C)C(=O)O)C(=O)OC(CC(O)(C(F)(F)F)C(F)(F)F)C1CCCCC1. The monoisotopic (exact) mass is 478 g/mol. The normalized spacial score (nSPS) is 19.8. The summed E-state index contributed by atoms with van der Waals surface area (Å²) in [5.74, 6) is -3.06. The number of rotatable bonds is 9. The average molecular weight is 478 g/mol. The Balaban J connectivity index is 3.29. The first-order valence-electron chi connectivity index (χ1n) is 10.6. The molecule has 188 valence electrons. The van der Waals surface area contributed by atoms with Gasteiger partial charge in [0.1, 0.15) is 6.10 Å². The first kappa shape index (κ1) is 28.5. The number of aliphatic carboxylic acids is 1. The lowest BCUT2D eigenvalue weighted by molar-refractivity contribution is -0.375. The van der Waals surface area contributed by atoms with Crippen molar-refractivity contribution in [3.63, 3.8) is 0 Å². The molecule has 2 atom stereocenters. The number of aliphatic hydroxyl groups is 1. The molecule has 0 radical (unpaired) electrons. The number of esters is 1. The Morgan fingerprint density at radius 3 is 1.81 bits per heavy atom. The second kappa shape index (κ2) is 9.77. The van der Waals surface area contributed by atoms with Crippen molar-refractivity contribution in [2.24, 2.45) is 16.7 Å². The van der Waals surface area contributed by atoms with Crippen molar-refractivity contribution in [3.8, 4) is 0 Å². The zero-order chi connectivity index (χ0) is 25.2. The Bertz CT molecular complexity index is 653. The molecule has 1 saturated carbocycles. The maximum absolute atomic E-state index is 13.3. The molecule has 11 heteroatoms. The second-order valence-electron chi connectivity index (χ2n) is 9.68. The van der Waals surface area contributed by atoms with Crippen molar-refractivity contribution in [2.75, 3.05) is 0 Å². The predicted octanol–water partition coefficient (Wildman–Crippen LogP) is 5.64. The Morgan fingerprint density at radius 2 is 1.44 bits per heavy atom. The molecule has 0 spiro atoms. The van der Waals surface area contributed by atoms with Crippen LogP contribution in [0.2, 0.25) is 0 Å². The number of hydrogen-bond donors (Lipinski definition) is 2. The number of ether oxygens (including phenoxy) is 1. The Morgan fingerprint density at radius 1 is 0.969 bits per heavy atom. The Hall–Kier alpha value is -1.52. The van der Waals surface area contributed by atoms with Gasteiger partial charge in [-0.1, -0.05) is 26.2 Å². The lowest BCUT2D eigenvalue weighted by Crippen LogP contribution is -2.59. The van der Waals surface area contributed by atoms with Gasteiger partial charge in [0.15, 0.2) is 0 Å². The summed E-state index contributed by atoms with van der Waals surface area (Å²) in [5.41, 5.74) is -7.88. The van der Waals surface area contributed by atoms with Crippen LogP contribution < -0.4 is 0 Å². The fourth-order valence-electron chi connectivity index (χ4n) is 4.17. The minimum Gasteiger partial charge on any atom is -0.481 e. The van der Waals surface area contributed by atoms with Crippen molar-refractivity contribution in [2.45, 2.75) is 103 Å². The summed E-state index contributed by atoms with van der Waals surface area (Å²) in [6.45, 7) is 5.65. The van der Waals surface area contributed by atoms with Gasteiger partial charge in [-0.05, 0) is 52.4 Å². The van der Waals surface area contributed by atoms with Gasteiger partial charge in [-0.3, -0.25) is 9.59 Å². The molecule has 1 aliphatic rings. The third kappa shape index (κ3) is 6.29. The molecule has 0 heterocycles. The van der Waals surface area contributed by atoms with Gasteiger partial charge in [0.05, 0.1) is 10.8 Å². The molecule has 0 bridgehead atoms. The smallest absolute Gasteiger partial charge is 0.426 e. The van der Waals surface area contributed by atoms with Gasteiger partial charge in [-0.2, -0.15) is 26.3 Å². The van der Waals surface area contributed by atoms with Crippen molar-refractivity contribution in [3.05, 3.63) is 0 Å². The van der Waals surface area contributed by atoms with Crippen molar-refractivity contribution in [1.82, 2.24) is 0 Å². The van der Waals surface area contributed by atoms with E-state index in [2.05, 4.69) is 0 Å². The molecular formula is C21H32F6O5. The molecule has 5 nitrogen and oxygen atoms in total. The molecule has 0 aromatic heterocycles. The van der Waals surface area contributed by atoms with Crippen LogP contribution in [0.3, 0.4) is 0 Å². The highest BCUT2D eigenvalue weighted by molar-refractivity contribution is 5.79. The lowest BCUT2D eigenvalue weighted by Gasteiger charge is -2.40. The van der Waals surface area contributed by atoms with Gasteiger partial charge in [-0.15, -0.1) is 0 Å². The molecule has 1 rings (SSSR count). The van der Waals surface area contributed by atoms with Crippen LogP contribution in [0.5, 0.6) is 0 Å². The van der Waals surface area contributed by atoms with Crippen molar-refractivity contribution >= 4 is 11.9 Å². The van der Waals surface area contributed by atoms with E-state index in [4.69, 9.17) is 4.74 Å². The van der Waals surface area contributed by atoms with Gasteiger partial charge in [-0.25, -0.2) is 0 Å². The largest absolute Gasteiger partial charge is 0.481 e. The maximum Gasteiger partial charge on any atom is 0.426 e.